The van der Waals surface area contributed by atoms with Crippen molar-refractivity contribution in [1.82, 2.24) is 0 Å². The molecule has 5 heteroatoms. The van der Waals surface area contributed by atoms with Gasteiger partial charge in [-0.1, -0.05) is 0 Å². The molecular weight excluding hydrogens is 234 g/mol. The van der Waals surface area contributed by atoms with Gasteiger partial charge in [-0.25, -0.2) is 4.99 Å². The van der Waals surface area contributed by atoms with Gasteiger partial charge in [-0.05, 0) is 36.3 Å². The molecule has 0 bridgehead atoms. The Balaban J connectivity index is 2.19. The number of rotatable bonds is 0. The van der Waals surface area contributed by atoms with Crippen LogP contribution in [0.25, 0.3) is 0 Å². The summed E-state index contributed by atoms with van der Waals surface area (Å²) in [6.45, 7) is 0. The van der Waals surface area contributed by atoms with Crippen molar-refractivity contribution in [2.75, 3.05) is 11.5 Å². The van der Waals surface area contributed by atoms with E-state index in [0.717, 1.165) is 23.4 Å². The van der Waals surface area contributed by atoms with Crippen molar-refractivity contribution in [2.45, 2.75) is 16.9 Å². The van der Waals surface area contributed by atoms with Gasteiger partial charge in [-0.15, -0.1) is 11.8 Å². The quantitative estimate of drug-likeness (QED) is 0.686. The van der Waals surface area contributed by atoms with E-state index in [1.807, 2.05) is 36.0 Å². The molecule has 88 valence electrons. The summed E-state index contributed by atoms with van der Waals surface area (Å²) in [4.78, 5) is 5.69. The van der Waals surface area contributed by atoms with Crippen LogP contribution in [0.5, 0.6) is 0 Å². The zero-order chi connectivity index (χ0) is 11.9. The van der Waals surface area contributed by atoms with Crippen LogP contribution >= 0.6 is 11.8 Å². The molecule has 4 N–H and O–H groups in total. The number of nitrogens with zero attached hydrogens (tertiary/aromatic N) is 1. The van der Waals surface area contributed by atoms with Crippen molar-refractivity contribution < 1.29 is 4.74 Å². The fourth-order valence-electron chi connectivity index (χ4n) is 2.23. The van der Waals surface area contributed by atoms with Crippen LogP contribution in [0.15, 0.2) is 40.4 Å². The minimum absolute atomic E-state index is 0.216. The molecule has 0 aliphatic carbocycles. The van der Waals surface area contributed by atoms with Crippen LogP contribution in [0, 0.1) is 0 Å². The largest absolute Gasteiger partial charge is 0.434 e. The number of amidine groups is 1. The Morgan fingerprint density at radius 1 is 1.35 bits per heavy atom. The molecule has 1 atom stereocenters. The van der Waals surface area contributed by atoms with Gasteiger partial charge < -0.3 is 16.2 Å². The number of benzene rings is 1. The molecule has 1 unspecified atom stereocenters. The van der Waals surface area contributed by atoms with E-state index in [1.165, 1.54) is 4.90 Å². The molecule has 0 fully saturated rings. The summed E-state index contributed by atoms with van der Waals surface area (Å²) in [6.07, 6.45) is 4.49. The van der Waals surface area contributed by atoms with Crippen molar-refractivity contribution in [2.24, 2.45) is 10.7 Å². The normalized spacial score (nSPS) is 26.2. The van der Waals surface area contributed by atoms with Gasteiger partial charge in [0.15, 0.2) is 0 Å². The van der Waals surface area contributed by atoms with Crippen LogP contribution in [0.2, 0.25) is 0 Å². The molecule has 1 aromatic rings. The molecule has 2 heterocycles. The van der Waals surface area contributed by atoms with Crippen LogP contribution in [0.1, 0.15) is 12.0 Å². The Labute approximate surface area is 104 Å². The predicted octanol–water partition coefficient (Wildman–Crippen LogP) is 1.82. The highest BCUT2D eigenvalue weighted by molar-refractivity contribution is 7.99. The van der Waals surface area contributed by atoms with E-state index >= 15 is 0 Å². The number of nitrogens with two attached hydrogens (primary N) is 2. The van der Waals surface area contributed by atoms with E-state index in [-0.39, 0.29) is 6.02 Å². The summed E-state index contributed by atoms with van der Waals surface area (Å²) >= 11 is 1.83. The Morgan fingerprint density at radius 3 is 3.06 bits per heavy atom. The molecule has 0 aromatic heterocycles. The number of nitrogen functional groups attached to an aromatic ring is 1. The number of anilines is 1. The maximum Gasteiger partial charge on any atom is 0.288 e. The molecule has 0 saturated heterocycles. The maximum atomic E-state index is 5.86. The van der Waals surface area contributed by atoms with Gasteiger partial charge >= 0.3 is 0 Å². The lowest BCUT2D eigenvalue weighted by Crippen LogP contribution is -2.32. The highest BCUT2D eigenvalue weighted by Gasteiger charge is 2.36. The highest BCUT2D eigenvalue weighted by atomic mass is 32.2. The number of fused-ring (bicyclic) bond motifs is 2. The minimum Gasteiger partial charge on any atom is -0.434 e. The number of aliphatic imine (C=N–C) groups is 1. The zero-order valence-electron chi connectivity index (χ0n) is 9.22. The molecule has 0 saturated carbocycles. The van der Waals surface area contributed by atoms with Gasteiger partial charge in [0.1, 0.15) is 5.54 Å². The molecule has 3 rings (SSSR count). The van der Waals surface area contributed by atoms with E-state index in [9.17, 15) is 0 Å². The third kappa shape index (κ3) is 1.67. The van der Waals surface area contributed by atoms with Crippen LogP contribution in [0.4, 0.5) is 5.69 Å². The summed E-state index contributed by atoms with van der Waals surface area (Å²) in [5, 5.41) is 0. The molecule has 2 aliphatic rings. The molecule has 1 spiro atoms. The van der Waals surface area contributed by atoms with Crippen molar-refractivity contribution in [1.29, 1.82) is 0 Å². The summed E-state index contributed by atoms with van der Waals surface area (Å²) < 4.78 is 5.06. The van der Waals surface area contributed by atoms with E-state index in [2.05, 4.69) is 4.99 Å². The monoisotopic (exact) mass is 247 g/mol. The molecule has 17 heavy (non-hydrogen) atoms. The van der Waals surface area contributed by atoms with Crippen LogP contribution in [-0.2, 0) is 10.3 Å². The highest BCUT2D eigenvalue weighted by Crippen LogP contribution is 2.45. The van der Waals surface area contributed by atoms with Crippen LogP contribution in [-0.4, -0.2) is 11.8 Å². The van der Waals surface area contributed by atoms with Gasteiger partial charge in [0.2, 0.25) is 0 Å². The first kappa shape index (κ1) is 10.5. The maximum absolute atomic E-state index is 5.86. The lowest BCUT2D eigenvalue weighted by molar-refractivity contribution is 0.395. The first-order valence-corrected chi connectivity index (χ1v) is 6.41. The fraction of sp³-hybridized carbons (Fsp3) is 0.250. The molecule has 0 amide bonds. The second-order valence-corrected chi connectivity index (χ2v) is 5.29. The third-order valence-electron chi connectivity index (χ3n) is 3.05. The molecular formula is C12H13N3OS. The summed E-state index contributed by atoms with van der Waals surface area (Å²) in [7, 11) is 0. The Bertz CT molecular complexity index is 526. The average Bonchev–Trinajstić information content (AvgIpc) is 2.30. The second kappa shape index (κ2) is 3.70. The number of ether oxygens (including phenoxy) is 1. The molecule has 0 radical (unpaired) electrons. The second-order valence-electron chi connectivity index (χ2n) is 4.15. The summed E-state index contributed by atoms with van der Waals surface area (Å²) in [5.74, 6) is 1.01. The molecule has 2 aliphatic heterocycles. The van der Waals surface area contributed by atoms with Crippen molar-refractivity contribution >= 4 is 23.5 Å². The van der Waals surface area contributed by atoms with Crippen molar-refractivity contribution in [3.63, 3.8) is 0 Å². The third-order valence-corrected chi connectivity index (χ3v) is 4.13. The van der Waals surface area contributed by atoms with Crippen LogP contribution in [0.3, 0.4) is 0 Å². The van der Waals surface area contributed by atoms with E-state index < -0.39 is 5.54 Å². The van der Waals surface area contributed by atoms with Gasteiger partial charge in [-0.3, -0.25) is 0 Å². The first-order chi connectivity index (χ1) is 8.20. The fourth-order valence-corrected chi connectivity index (χ4v) is 3.42. The topological polar surface area (TPSA) is 73.6 Å². The van der Waals surface area contributed by atoms with Crippen molar-refractivity contribution in [3.05, 3.63) is 36.1 Å². The Morgan fingerprint density at radius 2 is 2.24 bits per heavy atom. The van der Waals surface area contributed by atoms with E-state index in [0.29, 0.717) is 0 Å². The number of hydrogen-bond acceptors (Lipinski definition) is 5. The van der Waals surface area contributed by atoms with E-state index in [1.54, 1.807) is 6.26 Å². The lowest BCUT2D eigenvalue weighted by Gasteiger charge is -2.34. The predicted molar refractivity (Wildman–Crippen MR) is 69.7 cm³/mol. The van der Waals surface area contributed by atoms with Gasteiger partial charge in [0.05, 0.1) is 6.26 Å². The smallest absolute Gasteiger partial charge is 0.288 e. The Kier molecular flexibility index (Phi) is 2.29. The average molecular weight is 247 g/mol. The summed E-state index contributed by atoms with van der Waals surface area (Å²) in [6, 6.07) is 6.16. The Hall–Kier alpha value is -1.62. The van der Waals surface area contributed by atoms with Crippen molar-refractivity contribution in [3.8, 4) is 0 Å². The number of hydrogen-bond donors (Lipinski definition) is 2. The molecule has 1 aromatic carbocycles. The minimum atomic E-state index is -0.391. The van der Waals surface area contributed by atoms with Gasteiger partial charge in [0.25, 0.3) is 6.02 Å². The number of thioether (sulfide) groups is 1. The van der Waals surface area contributed by atoms with Gasteiger partial charge in [-0.2, -0.15) is 0 Å². The SMILES string of the molecule is NC1=NC2(C=CO1)CCSc1ccc(N)cc12. The van der Waals surface area contributed by atoms with Gasteiger partial charge in [0, 0.05) is 16.3 Å². The molecule has 4 nitrogen and oxygen atoms in total. The lowest BCUT2D eigenvalue weighted by atomic mass is 9.86. The summed E-state index contributed by atoms with van der Waals surface area (Å²) in [5.41, 5.74) is 13.0. The standard InChI is InChI=1S/C12H13N3OS/c13-8-1-2-10-9(7-8)12(4-6-17-10)3-5-16-11(14)15-12/h1-3,5,7H,4,6,13H2,(H2,14,15). The van der Waals surface area contributed by atoms with Crippen LogP contribution < -0.4 is 11.5 Å². The zero-order valence-corrected chi connectivity index (χ0v) is 10.0. The van der Waals surface area contributed by atoms with E-state index in [4.69, 9.17) is 16.2 Å². The first-order valence-electron chi connectivity index (χ1n) is 5.42.